The molecule has 2 heterocycles. The normalized spacial score (nSPS) is 24.7. The second-order valence-corrected chi connectivity index (χ2v) is 7.12. The fourth-order valence-electron chi connectivity index (χ4n) is 2.78. The van der Waals surface area contributed by atoms with Crippen LogP contribution in [0.5, 0.6) is 5.75 Å². The van der Waals surface area contributed by atoms with E-state index < -0.39 is 13.2 Å². The van der Waals surface area contributed by atoms with Gasteiger partial charge in [0.05, 0.1) is 17.2 Å². The Bertz CT molecular complexity index is 615. The fourth-order valence-corrected chi connectivity index (χ4v) is 2.78. The number of amides is 1. The minimum Gasteiger partial charge on any atom is -0.491 e. The van der Waals surface area contributed by atoms with Crippen molar-refractivity contribution < 1.29 is 23.9 Å². The largest absolute Gasteiger partial charge is 0.494 e. The number of carboxylic acid groups (broad SMARTS) is 1. The molecule has 2 aliphatic heterocycles. The van der Waals surface area contributed by atoms with Crippen molar-refractivity contribution in [2.24, 2.45) is 0 Å². The molecule has 23 heavy (non-hydrogen) atoms. The van der Waals surface area contributed by atoms with Gasteiger partial charge in [-0.25, -0.2) is 4.79 Å². The van der Waals surface area contributed by atoms with Gasteiger partial charge < -0.3 is 24.5 Å². The van der Waals surface area contributed by atoms with Gasteiger partial charge in [0.2, 0.25) is 0 Å². The summed E-state index contributed by atoms with van der Waals surface area (Å²) in [6.45, 7) is 8.40. The van der Waals surface area contributed by atoms with Crippen LogP contribution >= 0.6 is 0 Å². The van der Waals surface area contributed by atoms with E-state index in [0.29, 0.717) is 13.0 Å². The molecule has 0 radical (unpaired) electrons. The van der Waals surface area contributed by atoms with Crippen molar-refractivity contribution in [3.8, 4) is 5.75 Å². The average Bonchev–Trinajstić information content (AvgIpc) is 2.66. The lowest BCUT2D eigenvalue weighted by atomic mass is 9.78. The van der Waals surface area contributed by atoms with Gasteiger partial charge in [0.1, 0.15) is 12.4 Å². The van der Waals surface area contributed by atoms with Crippen molar-refractivity contribution >= 4 is 18.7 Å². The Morgan fingerprint density at radius 1 is 1.26 bits per heavy atom. The predicted molar refractivity (Wildman–Crippen MR) is 86.3 cm³/mol. The van der Waals surface area contributed by atoms with E-state index >= 15 is 0 Å². The van der Waals surface area contributed by atoms with E-state index in [2.05, 4.69) is 5.32 Å². The maximum Gasteiger partial charge on any atom is 0.494 e. The zero-order valence-corrected chi connectivity index (χ0v) is 13.9. The van der Waals surface area contributed by atoms with Crippen molar-refractivity contribution in [2.45, 2.75) is 51.4 Å². The summed E-state index contributed by atoms with van der Waals surface area (Å²) in [6, 6.07) is 5.61. The highest BCUT2D eigenvalue weighted by Crippen LogP contribution is 2.37. The molecule has 0 aromatic heterocycles. The second kappa shape index (κ2) is 5.42. The molecule has 1 atom stereocenters. The molecule has 1 fully saturated rings. The van der Waals surface area contributed by atoms with Crippen LogP contribution in [-0.4, -0.2) is 42.2 Å². The summed E-state index contributed by atoms with van der Waals surface area (Å²) in [5, 5.41) is 11.3. The monoisotopic (exact) mass is 319 g/mol. The first-order valence-corrected chi connectivity index (χ1v) is 7.79. The number of hydrogen-bond acceptors (Lipinski definition) is 4. The van der Waals surface area contributed by atoms with Gasteiger partial charge in [-0.1, -0.05) is 12.1 Å². The number of carbonyl (C=O) groups is 1. The van der Waals surface area contributed by atoms with Gasteiger partial charge in [0.15, 0.2) is 0 Å². The smallest absolute Gasteiger partial charge is 0.491 e. The quantitative estimate of drug-likeness (QED) is 0.809. The molecule has 6 nitrogen and oxygen atoms in total. The van der Waals surface area contributed by atoms with Crippen LogP contribution in [0.25, 0.3) is 0 Å². The first-order chi connectivity index (χ1) is 10.7. The molecule has 0 bridgehead atoms. The van der Waals surface area contributed by atoms with Crippen LogP contribution in [0.1, 0.15) is 33.3 Å². The molecule has 0 saturated carbocycles. The molecule has 1 saturated heterocycles. The van der Waals surface area contributed by atoms with Crippen LogP contribution in [0.4, 0.5) is 4.79 Å². The third-order valence-electron chi connectivity index (χ3n) is 4.85. The predicted octanol–water partition coefficient (Wildman–Crippen LogP) is 1.56. The van der Waals surface area contributed by atoms with E-state index in [0.717, 1.165) is 16.8 Å². The Kier molecular flexibility index (Phi) is 3.81. The van der Waals surface area contributed by atoms with Crippen molar-refractivity contribution in [3.05, 3.63) is 23.8 Å². The molecule has 2 N–H and O–H groups in total. The summed E-state index contributed by atoms with van der Waals surface area (Å²) >= 11 is 0. The summed E-state index contributed by atoms with van der Waals surface area (Å²) in [5.41, 5.74) is 1.12. The third-order valence-corrected chi connectivity index (χ3v) is 4.85. The molecule has 7 heteroatoms. The lowest BCUT2D eigenvalue weighted by Gasteiger charge is -2.32. The zero-order valence-electron chi connectivity index (χ0n) is 13.9. The number of nitrogens with one attached hydrogen (secondary N) is 1. The summed E-state index contributed by atoms with van der Waals surface area (Å²) in [6.07, 6.45) is -0.415. The highest BCUT2D eigenvalue weighted by Gasteiger charge is 2.51. The van der Waals surface area contributed by atoms with Crippen LogP contribution in [0.2, 0.25) is 0 Å². The SMILES string of the molecule is CC1(C)OB(c2ccc3c(c2)OCC(NC(=O)O)C3)OC1(C)C. The fraction of sp³-hybridized carbons (Fsp3) is 0.562. The highest BCUT2D eigenvalue weighted by molar-refractivity contribution is 6.62. The van der Waals surface area contributed by atoms with Crippen LogP contribution in [0, 0.1) is 0 Å². The van der Waals surface area contributed by atoms with Crippen LogP contribution in [-0.2, 0) is 15.7 Å². The van der Waals surface area contributed by atoms with E-state index in [9.17, 15) is 4.79 Å². The van der Waals surface area contributed by atoms with Gasteiger partial charge in [0.25, 0.3) is 0 Å². The van der Waals surface area contributed by atoms with Gasteiger partial charge in [-0.15, -0.1) is 0 Å². The zero-order chi connectivity index (χ0) is 16.8. The maximum absolute atomic E-state index is 10.7. The maximum atomic E-state index is 10.7. The Labute approximate surface area is 136 Å². The molecule has 0 spiro atoms. The number of benzene rings is 1. The molecule has 124 valence electrons. The van der Waals surface area contributed by atoms with Gasteiger partial charge in [-0.05, 0) is 51.2 Å². The molecule has 0 aliphatic carbocycles. The summed E-state index contributed by atoms with van der Waals surface area (Å²) in [4.78, 5) is 10.7. The van der Waals surface area contributed by atoms with E-state index in [1.807, 2.05) is 45.9 Å². The first kappa shape index (κ1) is 16.1. The van der Waals surface area contributed by atoms with Gasteiger partial charge >= 0.3 is 13.2 Å². The second-order valence-electron chi connectivity index (χ2n) is 7.12. The topological polar surface area (TPSA) is 77.0 Å². The Balaban J connectivity index is 1.77. The Hall–Kier alpha value is -1.73. The van der Waals surface area contributed by atoms with E-state index in [1.165, 1.54) is 0 Å². The molecule has 3 rings (SSSR count). The lowest BCUT2D eigenvalue weighted by molar-refractivity contribution is 0.00578. The van der Waals surface area contributed by atoms with Gasteiger partial charge in [-0.3, -0.25) is 0 Å². The van der Waals surface area contributed by atoms with Gasteiger partial charge in [-0.2, -0.15) is 0 Å². The molecule has 1 amide bonds. The standard InChI is InChI=1S/C16H22BNO5/c1-15(2)16(3,4)23-17(22-15)11-6-5-10-7-12(18-14(19)20)9-21-13(10)8-11/h5-6,8,12,18H,7,9H2,1-4H3,(H,19,20). The third kappa shape index (κ3) is 3.03. The summed E-state index contributed by atoms with van der Waals surface area (Å²) < 4.78 is 17.8. The number of hydrogen-bond donors (Lipinski definition) is 2. The van der Waals surface area contributed by atoms with Crippen molar-refractivity contribution in [2.75, 3.05) is 6.61 Å². The average molecular weight is 319 g/mol. The molecule has 1 aromatic carbocycles. The molecule has 1 unspecified atom stereocenters. The van der Waals surface area contributed by atoms with E-state index in [-0.39, 0.29) is 17.2 Å². The van der Waals surface area contributed by atoms with Crippen molar-refractivity contribution in [3.63, 3.8) is 0 Å². The van der Waals surface area contributed by atoms with Crippen molar-refractivity contribution in [1.82, 2.24) is 5.32 Å². The lowest BCUT2D eigenvalue weighted by Crippen LogP contribution is -2.42. The molecule has 1 aromatic rings. The highest BCUT2D eigenvalue weighted by atomic mass is 16.7. The number of fused-ring (bicyclic) bond motifs is 1. The van der Waals surface area contributed by atoms with Crippen molar-refractivity contribution in [1.29, 1.82) is 0 Å². The van der Waals surface area contributed by atoms with Crippen LogP contribution in [0.15, 0.2) is 18.2 Å². The Morgan fingerprint density at radius 3 is 2.52 bits per heavy atom. The minimum atomic E-state index is -1.03. The first-order valence-electron chi connectivity index (χ1n) is 7.79. The Morgan fingerprint density at radius 2 is 1.91 bits per heavy atom. The summed E-state index contributed by atoms with van der Waals surface area (Å²) in [5.74, 6) is 0.764. The minimum absolute atomic E-state index is 0.220. The molecular formula is C16H22BNO5. The van der Waals surface area contributed by atoms with E-state index in [4.69, 9.17) is 19.2 Å². The van der Waals surface area contributed by atoms with Crippen LogP contribution in [0.3, 0.4) is 0 Å². The van der Waals surface area contributed by atoms with Crippen LogP contribution < -0.4 is 15.5 Å². The number of ether oxygens (including phenoxy) is 1. The number of rotatable bonds is 2. The van der Waals surface area contributed by atoms with Gasteiger partial charge in [0, 0.05) is 0 Å². The molecular weight excluding hydrogens is 297 g/mol. The summed E-state index contributed by atoms with van der Waals surface area (Å²) in [7, 11) is -0.427. The van der Waals surface area contributed by atoms with E-state index in [1.54, 1.807) is 0 Å². The molecule has 2 aliphatic rings.